The number of ether oxygens (including phenoxy) is 3. The lowest BCUT2D eigenvalue weighted by atomic mass is 9.91. The molecule has 0 saturated heterocycles. The highest BCUT2D eigenvalue weighted by Gasteiger charge is 2.20. The van der Waals surface area contributed by atoms with E-state index in [-0.39, 0.29) is 17.3 Å². The number of carbonyl (C=O) groups excluding carboxylic acids is 3. The van der Waals surface area contributed by atoms with Crippen LogP contribution in [0.15, 0.2) is 115 Å². The smallest absolute Gasteiger partial charge is 0.343 e. The van der Waals surface area contributed by atoms with Crippen LogP contribution >= 0.6 is 0 Å². The van der Waals surface area contributed by atoms with Gasteiger partial charge in [-0.15, -0.1) is 0 Å². The lowest BCUT2D eigenvalue weighted by Gasteiger charge is -2.19. The van der Waals surface area contributed by atoms with Crippen molar-refractivity contribution in [3.63, 3.8) is 0 Å². The molecule has 0 bridgehead atoms. The quantitative estimate of drug-likeness (QED) is 0.0779. The zero-order chi connectivity index (χ0) is 33.3. The molecule has 0 heterocycles. The summed E-state index contributed by atoms with van der Waals surface area (Å²) >= 11 is 0. The zero-order valence-electron chi connectivity index (χ0n) is 27.1. The summed E-state index contributed by atoms with van der Waals surface area (Å²) < 4.78 is 17.9. The Balaban J connectivity index is 1.43. The van der Waals surface area contributed by atoms with E-state index in [2.05, 4.69) is 13.8 Å². The van der Waals surface area contributed by atoms with Crippen LogP contribution in [0.4, 0.5) is 0 Å². The molecule has 0 fully saturated rings. The summed E-state index contributed by atoms with van der Waals surface area (Å²) in [6, 6.07) is 34.2. The number of Topliss-reactive ketones (excluding diaryl/α,β-unsaturated/α-hetero) is 1. The minimum atomic E-state index is -0.578. The van der Waals surface area contributed by atoms with Crippen molar-refractivity contribution in [3.8, 4) is 28.4 Å². The second-order valence-corrected chi connectivity index (χ2v) is 11.4. The van der Waals surface area contributed by atoms with Gasteiger partial charge in [0.05, 0.1) is 11.1 Å². The van der Waals surface area contributed by atoms with Crippen LogP contribution in [-0.4, -0.2) is 17.7 Å². The van der Waals surface area contributed by atoms with E-state index in [4.69, 9.17) is 14.2 Å². The van der Waals surface area contributed by atoms with E-state index in [1.807, 2.05) is 62.4 Å². The maximum absolute atomic E-state index is 13.0. The van der Waals surface area contributed by atoms with E-state index in [1.165, 1.54) is 0 Å². The number of rotatable bonds is 12. The summed E-state index contributed by atoms with van der Waals surface area (Å²) in [5.74, 6) is -0.132. The normalized spacial score (nSPS) is 11.4. The average molecular weight is 627 g/mol. The molecule has 5 rings (SSSR count). The molecule has 0 spiro atoms. The maximum Gasteiger partial charge on any atom is 0.343 e. The van der Waals surface area contributed by atoms with E-state index in [0.29, 0.717) is 23.3 Å². The fraction of sp³-hybridized carbons (Fsp3) is 0.195. The van der Waals surface area contributed by atoms with Crippen LogP contribution in [0.2, 0.25) is 0 Å². The molecule has 0 aromatic heterocycles. The Morgan fingerprint density at radius 1 is 0.638 bits per heavy atom. The molecule has 0 aliphatic heterocycles. The molecule has 0 aliphatic rings. The van der Waals surface area contributed by atoms with Gasteiger partial charge in [0.2, 0.25) is 0 Å². The summed E-state index contributed by atoms with van der Waals surface area (Å²) in [7, 11) is 0. The summed E-state index contributed by atoms with van der Waals surface area (Å²) in [6.45, 7) is 7.97. The molecular weight excluding hydrogens is 588 g/mol. The van der Waals surface area contributed by atoms with Crippen LogP contribution in [-0.2, 0) is 6.42 Å². The number of aryl methyl sites for hydroxylation is 2. The Labute approximate surface area is 275 Å². The largest absolute Gasteiger partial charge is 0.486 e. The van der Waals surface area contributed by atoms with Gasteiger partial charge in [-0.2, -0.15) is 0 Å². The second kappa shape index (κ2) is 15.2. The minimum absolute atomic E-state index is 0.103. The van der Waals surface area contributed by atoms with Crippen LogP contribution in [0.25, 0.3) is 11.1 Å². The first-order valence-electron chi connectivity index (χ1n) is 15.9. The van der Waals surface area contributed by atoms with Gasteiger partial charge >= 0.3 is 11.9 Å². The van der Waals surface area contributed by atoms with E-state index < -0.39 is 18.0 Å². The van der Waals surface area contributed by atoms with Gasteiger partial charge in [0.25, 0.3) is 0 Å². The Kier molecular flexibility index (Phi) is 10.6. The second-order valence-electron chi connectivity index (χ2n) is 11.4. The fourth-order valence-electron chi connectivity index (χ4n) is 5.35. The molecule has 5 aromatic carbocycles. The van der Waals surface area contributed by atoms with Crippen molar-refractivity contribution in [1.82, 2.24) is 0 Å². The van der Waals surface area contributed by atoms with Crippen molar-refractivity contribution in [3.05, 3.63) is 149 Å². The van der Waals surface area contributed by atoms with Gasteiger partial charge < -0.3 is 14.2 Å². The molecular formula is C41H38O6. The molecule has 0 amide bonds. The lowest BCUT2D eigenvalue weighted by molar-refractivity contribution is 0.0682. The van der Waals surface area contributed by atoms with Gasteiger partial charge in [-0.1, -0.05) is 80.9 Å². The van der Waals surface area contributed by atoms with Crippen LogP contribution in [0.1, 0.15) is 87.5 Å². The van der Waals surface area contributed by atoms with Gasteiger partial charge in [-0.3, -0.25) is 4.79 Å². The third-order valence-corrected chi connectivity index (χ3v) is 7.94. The van der Waals surface area contributed by atoms with Crippen LogP contribution < -0.4 is 14.2 Å². The van der Waals surface area contributed by atoms with Crippen molar-refractivity contribution in [2.45, 2.75) is 53.1 Å². The fourth-order valence-corrected chi connectivity index (χ4v) is 5.35. The van der Waals surface area contributed by atoms with E-state index in [9.17, 15) is 14.4 Å². The molecule has 0 N–H and O–H groups in total. The standard InChI is InChI=1S/C41H38O6/c1-5-13-32-24-33(37(42)6-2)19-22-35(32)36-26-34(21-18-27(36)3)45-28(4)31-20-23-38(46-40(43)29-14-9-7-10-15-29)39(25-31)47-41(44)30-16-11-8-12-17-30/h7-12,14-26,28H,5-6,13H2,1-4H3. The molecule has 47 heavy (non-hydrogen) atoms. The Morgan fingerprint density at radius 3 is 1.89 bits per heavy atom. The van der Waals surface area contributed by atoms with Gasteiger partial charge in [0.1, 0.15) is 11.9 Å². The number of ketones is 1. The zero-order valence-corrected chi connectivity index (χ0v) is 27.1. The topological polar surface area (TPSA) is 78.9 Å². The number of hydrogen-bond donors (Lipinski definition) is 0. The highest BCUT2D eigenvalue weighted by Crippen LogP contribution is 2.36. The summed E-state index contributed by atoms with van der Waals surface area (Å²) in [6.07, 6.45) is 1.83. The highest BCUT2D eigenvalue weighted by atomic mass is 16.6. The van der Waals surface area contributed by atoms with Crippen molar-refractivity contribution in [2.24, 2.45) is 0 Å². The molecule has 0 aliphatic carbocycles. The highest BCUT2D eigenvalue weighted by molar-refractivity contribution is 5.97. The lowest BCUT2D eigenvalue weighted by Crippen LogP contribution is -2.13. The van der Waals surface area contributed by atoms with Crippen LogP contribution in [0, 0.1) is 6.92 Å². The SMILES string of the molecule is CCCc1cc(C(=O)CC)ccc1-c1cc(OC(C)c2ccc(OC(=O)c3ccccc3)c(OC(=O)c3ccccc3)c2)ccc1C. The first kappa shape index (κ1) is 32.9. The number of hydrogen-bond acceptors (Lipinski definition) is 6. The molecule has 0 radical (unpaired) electrons. The monoisotopic (exact) mass is 626 g/mol. The number of esters is 2. The van der Waals surface area contributed by atoms with Crippen molar-refractivity contribution >= 4 is 17.7 Å². The summed E-state index contributed by atoms with van der Waals surface area (Å²) in [4.78, 5) is 38.3. The van der Waals surface area contributed by atoms with E-state index >= 15 is 0 Å². The first-order chi connectivity index (χ1) is 22.8. The van der Waals surface area contributed by atoms with E-state index in [1.54, 1.807) is 66.7 Å². The van der Waals surface area contributed by atoms with Gasteiger partial charge in [0, 0.05) is 12.0 Å². The van der Waals surface area contributed by atoms with Crippen molar-refractivity contribution < 1.29 is 28.6 Å². The summed E-state index contributed by atoms with van der Waals surface area (Å²) in [5.41, 5.74) is 6.53. The molecule has 6 heteroatoms. The van der Waals surface area contributed by atoms with Crippen LogP contribution in [0.5, 0.6) is 17.2 Å². The minimum Gasteiger partial charge on any atom is -0.486 e. The molecule has 6 nitrogen and oxygen atoms in total. The van der Waals surface area contributed by atoms with Crippen LogP contribution in [0.3, 0.4) is 0 Å². The third-order valence-electron chi connectivity index (χ3n) is 7.94. The predicted molar refractivity (Wildman–Crippen MR) is 184 cm³/mol. The average Bonchev–Trinajstić information content (AvgIpc) is 3.10. The molecule has 1 atom stereocenters. The molecule has 0 saturated carbocycles. The van der Waals surface area contributed by atoms with Crippen molar-refractivity contribution in [2.75, 3.05) is 0 Å². The predicted octanol–water partition coefficient (Wildman–Crippen LogP) is 9.79. The molecule has 238 valence electrons. The molecule has 1 unspecified atom stereocenters. The van der Waals surface area contributed by atoms with Gasteiger partial charge in [-0.25, -0.2) is 9.59 Å². The first-order valence-corrected chi connectivity index (χ1v) is 15.9. The Bertz CT molecular complexity index is 1880. The van der Waals surface area contributed by atoms with E-state index in [0.717, 1.165) is 46.2 Å². The molecule has 5 aromatic rings. The van der Waals surface area contributed by atoms with Crippen molar-refractivity contribution in [1.29, 1.82) is 0 Å². The van der Waals surface area contributed by atoms with Gasteiger partial charge in [-0.05, 0) is 103 Å². The maximum atomic E-state index is 13.0. The Hall–Kier alpha value is -5.49. The third kappa shape index (κ3) is 8.03. The Morgan fingerprint density at radius 2 is 1.28 bits per heavy atom. The number of benzene rings is 5. The summed E-state index contributed by atoms with van der Waals surface area (Å²) in [5, 5.41) is 0. The number of carbonyl (C=O) groups is 3. The van der Waals surface area contributed by atoms with Gasteiger partial charge in [0.15, 0.2) is 17.3 Å².